The van der Waals surface area contributed by atoms with Crippen LogP contribution in [0.5, 0.6) is 0 Å². The molecule has 1 aromatic carbocycles. The van der Waals surface area contributed by atoms with Crippen molar-refractivity contribution in [2.24, 2.45) is 7.05 Å². The van der Waals surface area contributed by atoms with Crippen LogP contribution >= 0.6 is 0 Å². The summed E-state index contributed by atoms with van der Waals surface area (Å²) in [5.41, 5.74) is 1.41. The van der Waals surface area contributed by atoms with E-state index in [1.807, 2.05) is 4.90 Å². The van der Waals surface area contributed by atoms with E-state index in [1.54, 1.807) is 30.8 Å². The second-order valence-electron chi connectivity index (χ2n) is 6.05. The number of nitrogens with one attached hydrogen (secondary N) is 1. The van der Waals surface area contributed by atoms with Crippen LogP contribution in [0.15, 0.2) is 24.3 Å². The van der Waals surface area contributed by atoms with E-state index < -0.39 is 0 Å². The van der Waals surface area contributed by atoms with Gasteiger partial charge in [0.2, 0.25) is 5.82 Å². The van der Waals surface area contributed by atoms with Crippen molar-refractivity contribution in [3.8, 4) is 0 Å². The molecule has 7 nitrogen and oxygen atoms in total. The van der Waals surface area contributed by atoms with E-state index in [0.717, 1.165) is 18.5 Å². The summed E-state index contributed by atoms with van der Waals surface area (Å²) in [6.45, 7) is 3.07. The van der Waals surface area contributed by atoms with Gasteiger partial charge >= 0.3 is 5.69 Å². The summed E-state index contributed by atoms with van der Waals surface area (Å²) < 4.78 is 14.5. The van der Waals surface area contributed by atoms with Crippen LogP contribution in [-0.4, -0.2) is 33.8 Å². The SMILES string of the molecule is Cc1nn(C)c(N2CCC(Nc3ccc(F)cc3)CC2)c1[N+](=O)[O-]. The summed E-state index contributed by atoms with van der Waals surface area (Å²) in [4.78, 5) is 13.0. The Balaban J connectivity index is 1.67. The van der Waals surface area contributed by atoms with Crippen LogP contribution in [0, 0.1) is 22.9 Å². The highest BCUT2D eigenvalue weighted by molar-refractivity contribution is 5.61. The van der Waals surface area contributed by atoms with Gasteiger partial charge in [-0.2, -0.15) is 5.10 Å². The van der Waals surface area contributed by atoms with Crippen molar-refractivity contribution in [3.63, 3.8) is 0 Å². The molecular weight excluding hydrogens is 313 g/mol. The van der Waals surface area contributed by atoms with E-state index >= 15 is 0 Å². The fraction of sp³-hybridized carbons (Fsp3) is 0.438. The van der Waals surface area contributed by atoms with Gasteiger partial charge in [-0.15, -0.1) is 0 Å². The number of nitrogens with zero attached hydrogens (tertiary/aromatic N) is 4. The minimum atomic E-state index is -0.361. The van der Waals surface area contributed by atoms with Crippen molar-refractivity contribution in [2.75, 3.05) is 23.3 Å². The molecule has 24 heavy (non-hydrogen) atoms. The number of halogens is 1. The molecule has 0 saturated carbocycles. The van der Waals surface area contributed by atoms with E-state index in [0.29, 0.717) is 24.6 Å². The number of aromatic nitrogens is 2. The van der Waals surface area contributed by atoms with Crippen LogP contribution < -0.4 is 10.2 Å². The Morgan fingerprint density at radius 3 is 2.50 bits per heavy atom. The van der Waals surface area contributed by atoms with Crippen molar-refractivity contribution in [1.82, 2.24) is 9.78 Å². The quantitative estimate of drug-likeness (QED) is 0.688. The fourth-order valence-electron chi connectivity index (χ4n) is 3.22. The average Bonchev–Trinajstić information content (AvgIpc) is 2.85. The smallest absolute Gasteiger partial charge is 0.333 e. The van der Waals surface area contributed by atoms with Crippen LogP contribution in [-0.2, 0) is 7.05 Å². The highest BCUT2D eigenvalue weighted by Crippen LogP contribution is 2.32. The van der Waals surface area contributed by atoms with E-state index in [1.165, 1.54) is 12.1 Å². The second-order valence-corrected chi connectivity index (χ2v) is 6.05. The van der Waals surface area contributed by atoms with E-state index in [4.69, 9.17) is 0 Å². The van der Waals surface area contributed by atoms with Crippen molar-refractivity contribution < 1.29 is 9.31 Å². The van der Waals surface area contributed by atoms with Crippen molar-refractivity contribution in [3.05, 3.63) is 45.9 Å². The van der Waals surface area contributed by atoms with Crippen molar-refractivity contribution >= 4 is 17.2 Å². The van der Waals surface area contributed by atoms with Gasteiger partial charge in [-0.3, -0.25) is 10.1 Å². The molecule has 128 valence electrons. The monoisotopic (exact) mass is 333 g/mol. The largest absolute Gasteiger partial charge is 0.382 e. The first kappa shape index (κ1) is 16.2. The molecule has 0 radical (unpaired) electrons. The molecule has 1 aliphatic rings. The van der Waals surface area contributed by atoms with E-state index in [9.17, 15) is 14.5 Å². The number of rotatable bonds is 4. The first-order valence-electron chi connectivity index (χ1n) is 7.90. The van der Waals surface area contributed by atoms with Crippen LogP contribution in [0.3, 0.4) is 0 Å². The molecule has 1 N–H and O–H groups in total. The van der Waals surface area contributed by atoms with Crippen LogP contribution in [0.2, 0.25) is 0 Å². The van der Waals surface area contributed by atoms with Gasteiger partial charge in [-0.05, 0) is 44.0 Å². The summed E-state index contributed by atoms with van der Waals surface area (Å²) >= 11 is 0. The summed E-state index contributed by atoms with van der Waals surface area (Å²) in [6, 6.07) is 6.56. The molecule has 1 aromatic heterocycles. The Kier molecular flexibility index (Phi) is 4.37. The molecule has 0 spiro atoms. The third-order valence-electron chi connectivity index (χ3n) is 4.35. The number of hydrogen-bond acceptors (Lipinski definition) is 5. The zero-order valence-corrected chi connectivity index (χ0v) is 13.7. The topological polar surface area (TPSA) is 76.2 Å². The second kappa shape index (κ2) is 6.46. The number of aryl methyl sites for hydroxylation is 2. The molecule has 1 aliphatic heterocycles. The Bertz CT molecular complexity index is 736. The molecule has 2 aromatic rings. The third-order valence-corrected chi connectivity index (χ3v) is 4.35. The van der Waals surface area contributed by atoms with E-state index in [-0.39, 0.29) is 22.5 Å². The summed E-state index contributed by atoms with van der Waals surface area (Å²) in [5.74, 6) is 0.312. The molecule has 3 rings (SSSR count). The lowest BCUT2D eigenvalue weighted by Crippen LogP contribution is -2.40. The molecule has 1 fully saturated rings. The van der Waals surface area contributed by atoms with Gasteiger partial charge in [0.05, 0.1) is 4.92 Å². The first-order valence-corrected chi connectivity index (χ1v) is 7.90. The minimum absolute atomic E-state index is 0.0856. The van der Waals surface area contributed by atoms with Gasteiger partial charge in [0.25, 0.3) is 0 Å². The number of nitro groups is 1. The lowest BCUT2D eigenvalue weighted by atomic mass is 10.0. The zero-order valence-electron chi connectivity index (χ0n) is 13.7. The predicted molar refractivity (Wildman–Crippen MR) is 89.9 cm³/mol. The van der Waals surface area contributed by atoms with Gasteiger partial charge in [0.15, 0.2) is 0 Å². The molecule has 0 bridgehead atoms. The normalized spacial score (nSPS) is 15.5. The first-order chi connectivity index (χ1) is 11.5. The summed E-state index contributed by atoms with van der Waals surface area (Å²) in [5, 5.41) is 18.9. The maximum absolute atomic E-state index is 12.9. The minimum Gasteiger partial charge on any atom is -0.382 e. The molecule has 2 heterocycles. The highest BCUT2D eigenvalue weighted by atomic mass is 19.1. The fourth-order valence-corrected chi connectivity index (χ4v) is 3.22. The maximum Gasteiger partial charge on any atom is 0.333 e. The predicted octanol–water partition coefficient (Wildman–Crippen LogP) is 2.86. The van der Waals surface area contributed by atoms with E-state index in [2.05, 4.69) is 10.4 Å². The van der Waals surface area contributed by atoms with Crippen LogP contribution in [0.1, 0.15) is 18.5 Å². The zero-order chi connectivity index (χ0) is 17.3. The van der Waals surface area contributed by atoms with Gasteiger partial charge in [-0.25, -0.2) is 9.07 Å². The summed E-state index contributed by atoms with van der Waals surface area (Å²) in [6.07, 6.45) is 1.69. The molecular formula is C16H20FN5O2. The Morgan fingerprint density at radius 2 is 1.92 bits per heavy atom. The van der Waals surface area contributed by atoms with Gasteiger partial charge in [0, 0.05) is 31.9 Å². The lowest BCUT2D eigenvalue weighted by molar-refractivity contribution is -0.384. The molecule has 8 heteroatoms. The van der Waals surface area contributed by atoms with Gasteiger partial charge in [0.1, 0.15) is 11.5 Å². The molecule has 0 amide bonds. The van der Waals surface area contributed by atoms with Gasteiger partial charge < -0.3 is 10.2 Å². The molecule has 0 atom stereocenters. The highest BCUT2D eigenvalue weighted by Gasteiger charge is 2.30. The Morgan fingerprint density at radius 1 is 1.29 bits per heavy atom. The standard InChI is InChI=1S/C16H20FN5O2/c1-11-15(22(23)24)16(20(2)19-11)21-9-7-14(8-10-21)18-13-5-3-12(17)4-6-13/h3-6,14,18H,7-10H2,1-2H3. The van der Waals surface area contributed by atoms with Gasteiger partial charge in [-0.1, -0.05) is 0 Å². The number of benzene rings is 1. The summed E-state index contributed by atoms with van der Waals surface area (Å²) in [7, 11) is 1.73. The number of piperidine rings is 1. The van der Waals surface area contributed by atoms with Crippen LogP contribution in [0.4, 0.5) is 21.6 Å². The number of hydrogen-bond donors (Lipinski definition) is 1. The number of anilines is 2. The van der Waals surface area contributed by atoms with Crippen molar-refractivity contribution in [2.45, 2.75) is 25.8 Å². The Hall–Kier alpha value is -2.64. The third kappa shape index (κ3) is 3.17. The molecule has 1 saturated heterocycles. The lowest BCUT2D eigenvalue weighted by Gasteiger charge is -2.33. The maximum atomic E-state index is 12.9. The molecule has 0 aliphatic carbocycles. The average molecular weight is 333 g/mol. The Labute approximate surface area is 139 Å². The molecule has 0 unspecified atom stereocenters. The van der Waals surface area contributed by atoms with Crippen molar-refractivity contribution in [1.29, 1.82) is 0 Å². The van der Waals surface area contributed by atoms with Crippen LogP contribution in [0.25, 0.3) is 0 Å².